The van der Waals surface area contributed by atoms with E-state index in [4.69, 9.17) is 4.74 Å². The van der Waals surface area contributed by atoms with E-state index in [1.165, 1.54) is 6.07 Å². The van der Waals surface area contributed by atoms with Gasteiger partial charge in [-0.1, -0.05) is 32.9 Å². The molecule has 110 valence electrons. The highest BCUT2D eigenvalue weighted by atomic mass is 16.5. The Morgan fingerprint density at radius 2 is 1.90 bits per heavy atom. The topological polar surface area (TPSA) is 59.4 Å². The summed E-state index contributed by atoms with van der Waals surface area (Å²) in [6, 6.07) is 10.8. The molecule has 0 fully saturated rings. The van der Waals surface area contributed by atoms with Gasteiger partial charge in [0.2, 0.25) is 5.88 Å². The van der Waals surface area contributed by atoms with Gasteiger partial charge in [0, 0.05) is 5.69 Å². The monoisotopic (exact) mass is 285 g/mol. The van der Waals surface area contributed by atoms with Crippen LogP contribution in [-0.4, -0.2) is 16.1 Å². The number of hydrogen-bond acceptors (Lipinski definition) is 3. The SMILES string of the molecule is Cc1ccc(C(=O)O)c(Oc2cccc(C(C)(C)C)c2)n1. The van der Waals surface area contributed by atoms with Gasteiger partial charge in [-0.05, 0) is 42.2 Å². The van der Waals surface area contributed by atoms with Gasteiger partial charge in [-0.25, -0.2) is 9.78 Å². The number of benzene rings is 1. The van der Waals surface area contributed by atoms with Crippen LogP contribution in [-0.2, 0) is 5.41 Å². The summed E-state index contributed by atoms with van der Waals surface area (Å²) in [6.45, 7) is 8.13. The van der Waals surface area contributed by atoms with Gasteiger partial charge in [0.05, 0.1) is 0 Å². The van der Waals surface area contributed by atoms with Crippen molar-refractivity contribution in [1.29, 1.82) is 0 Å². The van der Waals surface area contributed by atoms with Crippen LogP contribution in [0.3, 0.4) is 0 Å². The molecule has 4 nitrogen and oxygen atoms in total. The maximum absolute atomic E-state index is 11.2. The molecule has 0 aliphatic heterocycles. The van der Waals surface area contributed by atoms with E-state index in [0.717, 1.165) is 5.56 Å². The molecule has 0 saturated carbocycles. The minimum Gasteiger partial charge on any atom is -0.477 e. The lowest BCUT2D eigenvalue weighted by molar-refractivity contribution is 0.0693. The van der Waals surface area contributed by atoms with Crippen molar-refractivity contribution < 1.29 is 14.6 Å². The van der Waals surface area contributed by atoms with Crippen molar-refractivity contribution in [2.24, 2.45) is 0 Å². The zero-order valence-corrected chi connectivity index (χ0v) is 12.7. The second-order valence-corrected chi connectivity index (χ2v) is 5.99. The number of ether oxygens (including phenoxy) is 1. The van der Waals surface area contributed by atoms with Crippen LogP contribution in [0.25, 0.3) is 0 Å². The molecule has 0 unspecified atom stereocenters. The smallest absolute Gasteiger partial charge is 0.341 e. The van der Waals surface area contributed by atoms with E-state index in [2.05, 4.69) is 25.8 Å². The number of carboxylic acids is 1. The van der Waals surface area contributed by atoms with Gasteiger partial charge in [-0.2, -0.15) is 0 Å². The standard InChI is InChI=1S/C17H19NO3/c1-11-8-9-14(16(19)20)15(18-11)21-13-7-5-6-12(10-13)17(2,3)4/h5-10H,1-4H3,(H,19,20). The highest BCUT2D eigenvalue weighted by molar-refractivity contribution is 5.90. The number of aryl methyl sites for hydroxylation is 1. The molecule has 0 spiro atoms. The van der Waals surface area contributed by atoms with Gasteiger partial charge in [0.25, 0.3) is 0 Å². The molecule has 1 heterocycles. The summed E-state index contributed by atoms with van der Waals surface area (Å²) < 4.78 is 5.70. The maximum atomic E-state index is 11.2. The molecule has 1 aromatic heterocycles. The number of rotatable bonds is 3. The number of carbonyl (C=O) groups is 1. The number of hydrogen-bond donors (Lipinski definition) is 1. The summed E-state index contributed by atoms with van der Waals surface area (Å²) in [5.74, 6) is -0.346. The average molecular weight is 285 g/mol. The Morgan fingerprint density at radius 1 is 1.19 bits per heavy atom. The third-order valence-electron chi connectivity index (χ3n) is 3.14. The van der Waals surface area contributed by atoms with Crippen LogP contribution in [0.15, 0.2) is 36.4 Å². The summed E-state index contributed by atoms with van der Waals surface area (Å²) in [4.78, 5) is 15.4. The Balaban J connectivity index is 2.39. The number of carboxylic acid groups (broad SMARTS) is 1. The largest absolute Gasteiger partial charge is 0.477 e. The molecule has 4 heteroatoms. The van der Waals surface area contributed by atoms with Gasteiger partial charge in [-0.15, -0.1) is 0 Å². The van der Waals surface area contributed by atoms with E-state index in [1.807, 2.05) is 18.2 Å². The quantitative estimate of drug-likeness (QED) is 0.919. The fraction of sp³-hybridized carbons (Fsp3) is 0.294. The van der Waals surface area contributed by atoms with Crippen LogP contribution in [0.5, 0.6) is 11.6 Å². The van der Waals surface area contributed by atoms with Crippen molar-refractivity contribution in [2.75, 3.05) is 0 Å². The van der Waals surface area contributed by atoms with Crippen LogP contribution >= 0.6 is 0 Å². The third kappa shape index (κ3) is 3.60. The Bertz CT molecular complexity index is 672. The zero-order valence-electron chi connectivity index (χ0n) is 12.7. The normalized spacial score (nSPS) is 11.2. The summed E-state index contributed by atoms with van der Waals surface area (Å²) in [7, 11) is 0. The molecule has 0 saturated heterocycles. The first-order valence-electron chi connectivity index (χ1n) is 6.77. The molecule has 0 radical (unpaired) electrons. The molecule has 0 atom stereocenters. The molecule has 0 aliphatic rings. The number of aromatic carboxylic acids is 1. The van der Waals surface area contributed by atoms with E-state index in [9.17, 15) is 9.90 Å². The lowest BCUT2D eigenvalue weighted by Gasteiger charge is -2.19. The molecule has 0 amide bonds. The number of nitrogens with zero attached hydrogens (tertiary/aromatic N) is 1. The zero-order chi connectivity index (χ0) is 15.6. The third-order valence-corrected chi connectivity index (χ3v) is 3.14. The molecular formula is C17H19NO3. The summed E-state index contributed by atoms with van der Waals surface area (Å²) in [5.41, 5.74) is 1.88. The highest BCUT2D eigenvalue weighted by Gasteiger charge is 2.17. The van der Waals surface area contributed by atoms with Crippen molar-refractivity contribution in [3.05, 3.63) is 53.2 Å². The maximum Gasteiger partial charge on any atom is 0.341 e. The van der Waals surface area contributed by atoms with Crippen molar-refractivity contribution in [3.63, 3.8) is 0 Å². The predicted octanol–water partition coefficient (Wildman–Crippen LogP) is 4.18. The van der Waals surface area contributed by atoms with Crippen LogP contribution < -0.4 is 4.74 Å². The summed E-state index contributed by atoms with van der Waals surface area (Å²) in [6.07, 6.45) is 0. The average Bonchev–Trinajstić information content (AvgIpc) is 2.37. The minimum absolute atomic E-state index is 0.00493. The first kappa shape index (κ1) is 15.0. The molecule has 2 rings (SSSR count). The van der Waals surface area contributed by atoms with Gasteiger partial charge < -0.3 is 9.84 Å². The molecule has 1 N–H and O–H groups in total. The fourth-order valence-corrected chi connectivity index (χ4v) is 1.91. The van der Waals surface area contributed by atoms with Gasteiger partial charge >= 0.3 is 5.97 Å². The van der Waals surface area contributed by atoms with Gasteiger partial charge in [0.1, 0.15) is 11.3 Å². The molecule has 2 aromatic rings. The first-order chi connectivity index (χ1) is 9.77. The fourth-order valence-electron chi connectivity index (χ4n) is 1.91. The first-order valence-corrected chi connectivity index (χ1v) is 6.77. The van der Waals surface area contributed by atoms with Crippen molar-refractivity contribution in [1.82, 2.24) is 4.98 Å². The highest BCUT2D eigenvalue weighted by Crippen LogP contribution is 2.29. The van der Waals surface area contributed by atoms with Crippen molar-refractivity contribution in [3.8, 4) is 11.6 Å². The van der Waals surface area contributed by atoms with Crippen LogP contribution in [0.2, 0.25) is 0 Å². The summed E-state index contributed by atoms with van der Waals surface area (Å²) in [5, 5.41) is 9.20. The van der Waals surface area contributed by atoms with E-state index in [1.54, 1.807) is 19.1 Å². The lowest BCUT2D eigenvalue weighted by atomic mass is 9.87. The van der Waals surface area contributed by atoms with Crippen LogP contribution in [0.4, 0.5) is 0 Å². The van der Waals surface area contributed by atoms with Crippen molar-refractivity contribution in [2.45, 2.75) is 33.1 Å². The van der Waals surface area contributed by atoms with Gasteiger partial charge in [-0.3, -0.25) is 0 Å². The summed E-state index contributed by atoms with van der Waals surface area (Å²) >= 11 is 0. The van der Waals surface area contributed by atoms with E-state index < -0.39 is 5.97 Å². The van der Waals surface area contributed by atoms with E-state index in [-0.39, 0.29) is 16.9 Å². The Labute approximate surface area is 124 Å². The second kappa shape index (κ2) is 5.56. The molecule has 21 heavy (non-hydrogen) atoms. The van der Waals surface area contributed by atoms with Crippen LogP contribution in [0.1, 0.15) is 42.4 Å². The van der Waals surface area contributed by atoms with Crippen molar-refractivity contribution >= 4 is 5.97 Å². The number of aromatic nitrogens is 1. The Morgan fingerprint density at radius 3 is 2.52 bits per heavy atom. The Hall–Kier alpha value is -2.36. The molecule has 0 aliphatic carbocycles. The number of pyridine rings is 1. The lowest BCUT2D eigenvalue weighted by Crippen LogP contribution is -2.11. The molecular weight excluding hydrogens is 266 g/mol. The van der Waals surface area contributed by atoms with Crippen LogP contribution in [0, 0.1) is 6.92 Å². The minimum atomic E-state index is -1.05. The predicted molar refractivity (Wildman–Crippen MR) is 81.1 cm³/mol. The Kier molecular flexibility index (Phi) is 3.98. The van der Waals surface area contributed by atoms with E-state index >= 15 is 0 Å². The molecule has 0 bridgehead atoms. The van der Waals surface area contributed by atoms with Gasteiger partial charge in [0.15, 0.2) is 0 Å². The molecule has 1 aromatic carbocycles. The second-order valence-electron chi connectivity index (χ2n) is 5.99. The van der Waals surface area contributed by atoms with E-state index in [0.29, 0.717) is 11.4 Å².